The van der Waals surface area contributed by atoms with E-state index in [0.29, 0.717) is 0 Å². The summed E-state index contributed by atoms with van der Waals surface area (Å²) in [5.41, 5.74) is -1.60. The summed E-state index contributed by atoms with van der Waals surface area (Å²) < 4.78 is 33.1. The molecule has 0 unspecified atom stereocenters. The second-order valence-electron chi connectivity index (χ2n) is 10.6. The molecule has 3 heterocycles. The fourth-order valence-corrected chi connectivity index (χ4v) is 5.06. The number of aliphatic hydroxyl groups excluding tert-OH is 6. The summed E-state index contributed by atoms with van der Waals surface area (Å²) in [6.45, 7) is 0.797. The molecule has 10 N–H and O–H groups in total. The first-order valence-electron chi connectivity index (χ1n) is 13.5. The number of ether oxygens (including phenoxy) is 5. The highest BCUT2D eigenvalue weighted by Gasteiger charge is 2.48. The van der Waals surface area contributed by atoms with Gasteiger partial charge in [-0.25, -0.2) is 0 Å². The smallest absolute Gasteiger partial charge is 0.239 e. The number of phenolic OH excluding ortho intramolecular Hbond substituents is 4. The van der Waals surface area contributed by atoms with Gasteiger partial charge in [-0.15, -0.1) is 0 Å². The Balaban J connectivity index is 1.52. The van der Waals surface area contributed by atoms with Gasteiger partial charge >= 0.3 is 0 Å². The lowest BCUT2D eigenvalue weighted by molar-refractivity contribution is -0.318. The number of benzene rings is 2. The number of fused-ring (bicyclic) bond motifs is 1. The highest BCUT2D eigenvalue weighted by molar-refractivity contribution is 5.93. The van der Waals surface area contributed by atoms with Crippen molar-refractivity contribution in [3.05, 3.63) is 34.5 Å². The van der Waals surface area contributed by atoms with Crippen molar-refractivity contribution in [3.63, 3.8) is 0 Å². The Bertz CT molecular complexity index is 1610. The van der Waals surface area contributed by atoms with Crippen LogP contribution >= 0.6 is 0 Å². The van der Waals surface area contributed by atoms with Crippen LogP contribution in [0.5, 0.6) is 34.5 Å². The molecular formula is C28H32O17. The summed E-state index contributed by atoms with van der Waals surface area (Å²) in [5.74, 6) is -4.04. The molecule has 2 aromatic carbocycles. The lowest BCUT2D eigenvalue weighted by Crippen LogP contribution is -2.61. The Morgan fingerprint density at radius 1 is 0.733 bits per heavy atom. The molecule has 0 radical (unpaired) electrons. The molecule has 5 rings (SSSR count). The minimum Gasteiger partial charge on any atom is -0.507 e. The highest BCUT2D eigenvalue weighted by atomic mass is 16.7. The molecule has 246 valence electrons. The zero-order valence-electron chi connectivity index (χ0n) is 23.6. The van der Waals surface area contributed by atoms with Crippen LogP contribution in [0.4, 0.5) is 0 Å². The molecule has 0 saturated carbocycles. The van der Waals surface area contributed by atoms with Gasteiger partial charge in [-0.1, -0.05) is 0 Å². The van der Waals surface area contributed by atoms with Crippen molar-refractivity contribution in [2.45, 2.75) is 68.3 Å². The zero-order chi connectivity index (χ0) is 32.9. The van der Waals surface area contributed by atoms with Crippen molar-refractivity contribution in [1.82, 2.24) is 0 Å². The average Bonchev–Trinajstić information content (AvgIpc) is 3.00. The number of hydrogen-bond donors (Lipinski definition) is 10. The molecule has 2 aliphatic heterocycles. The summed E-state index contributed by atoms with van der Waals surface area (Å²) in [4.78, 5) is 13.8. The van der Waals surface area contributed by atoms with Crippen LogP contribution in [0, 0.1) is 0 Å². The number of rotatable bonds is 7. The third kappa shape index (κ3) is 5.81. The van der Waals surface area contributed by atoms with Gasteiger partial charge in [0.1, 0.15) is 53.9 Å². The molecule has 2 fully saturated rings. The molecule has 0 aliphatic carbocycles. The summed E-state index contributed by atoms with van der Waals surface area (Å²) in [7, 11) is 1.16. The Labute approximate surface area is 252 Å². The lowest BCUT2D eigenvalue weighted by atomic mass is 9.98. The van der Waals surface area contributed by atoms with Crippen molar-refractivity contribution in [2.75, 3.05) is 13.7 Å². The quantitative estimate of drug-likeness (QED) is 0.129. The number of aromatic hydroxyl groups is 4. The van der Waals surface area contributed by atoms with E-state index < -0.39 is 119 Å². The Morgan fingerprint density at radius 2 is 1.40 bits per heavy atom. The molecule has 1 aromatic heterocycles. The van der Waals surface area contributed by atoms with Crippen LogP contribution in [0.3, 0.4) is 0 Å². The second-order valence-corrected chi connectivity index (χ2v) is 10.6. The van der Waals surface area contributed by atoms with Gasteiger partial charge in [0.05, 0.1) is 19.8 Å². The largest absolute Gasteiger partial charge is 0.507 e. The van der Waals surface area contributed by atoms with Crippen molar-refractivity contribution in [3.8, 4) is 45.8 Å². The summed E-state index contributed by atoms with van der Waals surface area (Å²) >= 11 is 0. The van der Waals surface area contributed by atoms with E-state index in [1.165, 1.54) is 13.0 Å². The average molecular weight is 641 g/mol. The molecule has 17 heteroatoms. The van der Waals surface area contributed by atoms with Crippen LogP contribution < -0.4 is 14.9 Å². The minimum atomic E-state index is -2.00. The monoisotopic (exact) mass is 640 g/mol. The topological polar surface area (TPSA) is 279 Å². The maximum atomic E-state index is 13.8. The van der Waals surface area contributed by atoms with Gasteiger partial charge in [0.2, 0.25) is 23.2 Å². The number of aliphatic hydroxyl groups is 6. The number of hydrogen-bond acceptors (Lipinski definition) is 17. The third-order valence-electron chi connectivity index (χ3n) is 7.62. The molecule has 0 spiro atoms. The van der Waals surface area contributed by atoms with Crippen LogP contribution in [0.2, 0.25) is 0 Å². The van der Waals surface area contributed by atoms with E-state index in [0.717, 1.165) is 25.3 Å². The lowest BCUT2D eigenvalue weighted by Gasteiger charge is -2.42. The fourth-order valence-electron chi connectivity index (χ4n) is 5.06. The van der Waals surface area contributed by atoms with Crippen molar-refractivity contribution < 1.29 is 79.2 Å². The third-order valence-corrected chi connectivity index (χ3v) is 7.62. The summed E-state index contributed by atoms with van der Waals surface area (Å²) in [6.07, 6.45) is -16.3. The molecule has 2 aliphatic rings. The van der Waals surface area contributed by atoms with Crippen molar-refractivity contribution >= 4 is 11.0 Å². The highest BCUT2D eigenvalue weighted by Crippen LogP contribution is 2.44. The van der Waals surface area contributed by atoms with E-state index in [1.807, 2.05) is 0 Å². The van der Waals surface area contributed by atoms with Gasteiger partial charge in [0, 0.05) is 11.6 Å². The van der Waals surface area contributed by atoms with Crippen LogP contribution in [-0.4, -0.2) is 126 Å². The Hall–Kier alpha value is -3.91. The van der Waals surface area contributed by atoms with Gasteiger partial charge in [-0.05, 0) is 25.1 Å². The van der Waals surface area contributed by atoms with Crippen LogP contribution in [0.15, 0.2) is 33.5 Å². The standard InChI is InChI=1S/C28H32O17/c1-8-16(33)19(36)21(38)27(42-8)41-7-14-17(34)20(37)22(39)28(43-14)45-26-18(35)15-12(31)6-13(32)24(40-2)25(15)44-23(26)9-3-4-10(29)11(30)5-9/h3-6,8,14,16-17,19-22,27-34,36-39H,7H2,1-2H3/t8-,14-,16-,17-,19-,20-,21+,22-,27+,28-/m0/s1. The van der Waals surface area contributed by atoms with E-state index in [-0.39, 0.29) is 11.3 Å². The molecule has 0 amide bonds. The van der Waals surface area contributed by atoms with E-state index in [1.54, 1.807) is 0 Å². The molecule has 45 heavy (non-hydrogen) atoms. The first-order chi connectivity index (χ1) is 21.2. The molecule has 0 bridgehead atoms. The first-order valence-corrected chi connectivity index (χ1v) is 13.5. The van der Waals surface area contributed by atoms with Crippen molar-refractivity contribution in [1.29, 1.82) is 0 Å². The van der Waals surface area contributed by atoms with E-state index in [4.69, 9.17) is 28.1 Å². The molecule has 2 saturated heterocycles. The molecule has 10 atom stereocenters. The summed E-state index contributed by atoms with van der Waals surface area (Å²) in [6, 6.07) is 4.09. The van der Waals surface area contributed by atoms with Gasteiger partial charge in [-0.2, -0.15) is 0 Å². The molecular weight excluding hydrogens is 608 g/mol. The SMILES string of the molecule is COc1c(O)cc(O)c2c(=O)c(O[C@@H]3O[C@@H](CO[C@@H]4O[C@@H](C)[C@H](O)[C@H](O)[C@H]4O)[C@H](O)[C@H](O)[C@@H]3O)c(-c3ccc(O)c(O)c3)oc12. The molecule has 17 nitrogen and oxygen atoms in total. The first kappa shape index (κ1) is 32.5. The van der Waals surface area contributed by atoms with Gasteiger partial charge in [-0.3, -0.25) is 4.79 Å². The predicted molar refractivity (Wildman–Crippen MR) is 147 cm³/mol. The van der Waals surface area contributed by atoms with Gasteiger partial charge < -0.3 is 79.2 Å². The van der Waals surface area contributed by atoms with E-state index >= 15 is 0 Å². The van der Waals surface area contributed by atoms with E-state index in [9.17, 15) is 55.9 Å². The van der Waals surface area contributed by atoms with Gasteiger partial charge in [0.15, 0.2) is 34.9 Å². The molecule has 3 aromatic rings. The van der Waals surface area contributed by atoms with Crippen LogP contribution in [0.1, 0.15) is 6.92 Å². The maximum absolute atomic E-state index is 13.8. The Morgan fingerprint density at radius 3 is 2.07 bits per heavy atom. The normalized spacial score (nSPS) is 32.0. The van der Waals surface area contributed by atoms with Crippen LogP contribution in [0.25, 0.3) is 22.3 Å². The minimum absolute atomic E-state index is 0.0757. The van der Waals surface area contributed by atoms with E-state index in [2.05, 4.69) is 0 Å². The zero-order valence-corrected chi connectivity index (χ0v) is 23.6. The maximum Gasteiger partial charge on any atom is 0.239 e. The summed E-state index contributed by atoms with van der Waals surface area (Å²) in [5, 5.41) is 102. The second kappa shape index (κ2) is 12.5. The van der Waals surface area contributed by atoms with Crippen molar-refractivity contribution in [2.24, 2.45) is 0 Å². The van der Waals surface area contributed by atoms with Gasteiger partial charge in [0.25, 0.3) is 0 Å². The van der Waals surface area contributed by atoms with Crippen LogP contribution in [-0.2, 0) is 14.2 Å². The number of methoxy groups -OCH3 is 1. The predicted octanol–water partition coefficient (Wildman–Crippen LogP) is -1.68. The fraction of sp³-hybridized carbons (Fsp3) is 0.464. The Kier molecular flexibility index (Phi) is 9.00. The number of phenols is 4.